The van der Waals surface area contributed by atoms with E-state index in [0.717, 1.165) is 12.5 Å². The number of nitrogens with zero attached hydrogens (tertiary/aromatic N) is 3. The molecule has 0 atom stereocenters. The summed E-state index contributed by atoms with van der Waals surface area (Å²) in [5, 5.41) is 7.83. The molecule has 3 nitrogen and oxygen atoms in total. The van der Waals surface area contributed by atoms with Crippen LogP contribution in [0.1, 0.15) is 38.5 Å². The van der Waals surface area contributed by atoms with E-state index in [1.54, 1.807) is 6.20 Å². The maximum absolute atomic E-state index is 4.01. The molecule has 0 N–H and O–H groups in total. The summed E-state index contributed by atoms with van der Waals surface area (Å²) in [7, 11) is 0. The quantitative estimate of drug-likeness (QED) is 0.652. The predicted molar refractivity (Wildman–Crippen MR) is 51.2 cm³/mol. The summed E-state index contributed by atoms with van der Waals surface area (Å²) >= 11 is 0. The minimum atomic E-state index is 0.837. The van der Waals surface area contributed by atoms with Gasteiger partial charge in [-0.1, -0.05) is 30.9 Å². The zero-order valence-corrected chi connectivity index (χ0v) is 8.02. The van der Waals surface area contributed by atoms with Crippen LogP contribution in [-0.4, -0.2) is 15.0 Å². The minimum absolute atomic E-state index is 0.837. The number of hydrogen-bond acceptors (Lipinski definition) is 2. The zero-order valence-electron chi connectivity index (χ0n) is 8.02. The van der Waals surface area contributed by atoms with Crippen molar-refractivity contribution in [2.24, 2.45) is 5.92 Å². The third-order valence-corrected chi connectivity index (χ3v) is 2.89. The maximum Gasteiger partial charge on any atom is 0.0692 e. The lowest BCUT2D eigenvalue weighted by Crippen LogP contribution is -2.10. The van der Waals surface area contributed by atoms with Crippen molar-refractivity contribution in [3.8, 4) is 0 Å². The van der Waals surface area contributed by atoms with E-state index < -0.39 is 0 Å². The monoisotopic (exact) mass is 179 g/mol. The molecule has 0 aromatic carbocycles. The molecule has 0 amide bonds. The highest BCUT2D eigenvalue weighted by Crippen LogP contribution is 2.23. The molecule has 2 rings (SSSR count). The third-order valence-electron chi connectivity index (χ3n) is 2.89. The first-order valence-corrected chi connectivity index (χ1v) is 5.29. The molecule has 0 unspecified atom stereocenters. The van der Waals surface area contributed by atoms with Crippen LogP contribution in [0.5, 0.6) is 0 Å². The molecule has 72 valence electrons. The molecule has 0 radical (unpaired) electrons. The fraction of sp³-hybridized carbons (Fsp3) is 0.800. The Morgan fingerprint density at radius 2 is 1.92 bits per heavy atom. The van der Waals surface area contributed by atoms with Crippen molar-refractivity contribution in [2.45, 2.75) is 45.1 Å². The van der Waals surface area contributed by atoms with E-state index in [2.05, 4.69) is 10.3 Å². The lowest BCUT2D eigenvalue weighted by molar-refractivity contribution is 0.371. The van der Waals surface area contributed by atoms with E-state index in [-0.39, 0.29) is 0 Å². The lowest BCUT2D eigenvalue weighted by atomic mass is 10.0. The van der Waals surface area contributed by atoms with E-state index in [0.29, 0.717) is 0 Å². The third kappa shape index (κ3) is 2.54. The van der Waals surface area contributed by atoms with E-state index in [1.165, 1.54) is 38.5 Å². The Morgan fingerprint density at radius 1 is 1.15 bits per heavy atom. The first kappa shape index (κ1) is 8.73. The molecule has 1 aromatic rings. The second-order valence-corrected chi connectivity index (χ2v) is 3.98. The lowest BCUT2D eigenvalue weighted by Gasteiger charge is -2.12. The van der Waals surface area contributed by atoms with Gasteiger partial charge >= 0.3 is 0 Å². The number of aromatic nitrogens is 3. The van der Waals surface area contributed by atoms with Crippen molar-refractivity contribution < 1.29 is 0 Å². The zero-order chi connectivity index (χ0) is 8.93. The highest BCUT2D eigenvalue weighted by atomic mass is 15.4. The van der Waals surface area contributed by atoms with Crippen molar-refractivity contribution in [3.05, 3.63) is 12.4 Å². The van der Waals surface area contributed by atoms with Crippen LogP contribution in [0.2, 0.25) is 0 Å². The van der Waals surface area contributed by atoms with Crippen molar-refractivity contribution in [1.29, 1.82) is 0 Å². The molecule has 1 aliphatic rings. The van der Waals surface area contributed by atoms with Crippen molar-refractivity contribution in [1.82, 2.24) is 15.0 Å². The van der Waals surface area contributed by atoms with E-state index >= 15 is 0 Å². The highest BCUT2D eigenvalue weighted by molar-refractivity contribution is 4.69. The normalized spacial score (nSPS) is 20.0. The van der Waals surface area contributed by atoms with Crippen LogP contribution in [0.4, 0.5) is 0 Å². The van der Waals surface area contributed by atoms with Gasteiger partial charge in [0.25, 0.3) is 0 Å². The summed E-state index contributed by atoms with van der Waals surface area (Å²) < 4.78 is 1.97. The van der Waals surface area contributed by atoms with Gasteiger partial charge in [0.15, 0.2) is 0 Å². The van der Waals surface area contributed by atoms with Crippen molar-refractivity contribution in [2.75, 3.05) is 0 Å². The first-order chi connectivity index (χ1) is 6.45. The van der Waals surface area contributed by atoms with Crippen LogP contribution in [0, 0.1) is 5.92 Å². The Bertz CT molecular complexity index is 222. The molecule has 0 aliphatic heterocycles. The molecular formula is C10H17N3. The first-order valence-electron chi connectivity index (χ1n) is 5.29. The summed E-state index contributed by atoms with van der Waals surface area (Å²) in [5.74, 6) is 0.837. The second kappa shape index (κ2) is 4.40. The predicted octanol–water partition coefficient (Wildman–Crippen LogP) is 2.25. The van der Waals surface area contributed by atoms with Crippen LogP contribution in [0.25, 0.3) is 0 Å². The molecular weight excluding hydrogens is 162 g/mol. The van der Waals surface area contributed by atoms with Crippen LogP contribution < -0.4 is 0 Å². The summed E-state index contributed by atoms with van der Waals surface area (Å²) in [6.45, 7) is 1.07. The Kier molecular flexibility index (Phi) is 2.95. The molecule has 3 heteroatoms. The maximum atomic E-state index is 4.01. The summed E-state index contributed by atoms with van der Waals surface area (Å²) in [6.07, 6.45) is 12.1. The van der Waals surface area contributed by atoms with E-state index in [9.17, 15) is 0 Å². The molecule has 1 aliphatic carbocycles. The van der Waals surface area contributed by atoms with Crippen molar-refractivity contribution >= 4 is 0 Å². The average molecular weight is 179 g/mol. The molecule has 1 aromatic heterocycles. The Labute approximate surface area is 79.1 Å². The second-order valence-electron chi connectivity index (χ2n) is 3.98. The molecule has 0 saturated heterocycles. The molecule has 0 spiro atoms. The highest BCUT2D eigenvalue weighted by Gasteiger charge is 2.12. The summed E-state index contributed by atoms with van der Waals surface area (Å²) in [4.78, 5) is 0. The molecule has 13 heavy (non-hydrogen) atoms. The van der Waals surface area contributed by atoms with Gasteiger partial charge in [-0.15, -0.1) is 5.10 Å². The van der Waals surface area contributed by atoms with Crippen molar-refractivity contribution in [3.63, 3.8) is 0 Å². The van der Waals surface area contributed by atoms with Gasteiger partial charge in [-0.05, 0) is 18.8 Å². The summed E-state index contributed by atoms with van der Waals surface area (Å²) in [5.41, 5.74) is 0. The van der Waals surface area contributed by atoms with Gasteiger partial charge in [-0.2, -0.15) is 0 Å². The fourth-order valence-corrected chi connectivity index (χ4v) is 2.14. The summed E-state index contributed by atoms with van der Waals surface area (Å²) in [6, 6.07) is 0. The van der Waals surface area contributed by atoms with Gasteiger partial charge in [-0.3, -0.25) is 4.68 Å². The van der Waals surface area contributed by atoms with Gasteiger partial charge in [0.1, 0.15) is 0 Å². The smallest absolute Gasteiger partial charge is 0.0692 e. The van der Waals surface area contributed by atoms with Crippen LogP contribution in [-0.2, 0) is 6.54 Å². The fourth-order valence-electron chi connectivity index (χ4n) is 2.14. The topological polar surface area (TPSA) is 30.7 Å². The van der Waals surface area contributed by atoms with Crippen LogP contribution >= 0.6 is 0 Å². The number of rotatable bonds is 2. The van der Waals surface area contributed by atoms with E-state index in [4.69, 9.17) is 0 Å². The SMILES string of the molecule is c1cn(CC2CCCCCC2)nn1. The average Bonchev–Trinajstić information content (AvgIpc) is 2.49. The molecule has 1 heterocycles. The standard InChI is InChI=1S/C10H17N3/c1-2-4-6-10(5-3-1)9-13-8-7-11-12-13/h7-8,10H,1-6,9H2. The van der Waals surface area contributed by atoms with Gasteiger partial charge in [0.05, 0.1) is 6.20 Å². The molecule has 1 fully saturated rings. The van der Waals surface area contributed by atoms with Crippen LogP contribution in [0.3, 0.4) is 0 Å². The Hall–Kier alpha value is -0.860. The Morgan fingerprint density at radius 3 is 2.54 bits per heavy atom. The largest absolute Gasteiger partial charge is 0.252 e. The van der Waals surface area contributed by atoms with Gasteiger partial charge in [-0.25, -0.2) is 0 Å². The molecule has 0 bridgehead atoms. The van der Waals surface area contributed by atoms with Gasteiger partial charge in [0, 0.05) is 12.7 Å². The minimum Gasteiger partial charge on any atom is -0.252 e. The Balaban J connectivity index is 1.86. The van der Waals surface area contributed by atoms with E-state index in [1.807, 2.05) is 10.9 Å². The van der Waals surface area contributed by atoms with Crippen LogP contribution in [0.15, 0.2) is 12.4 Å². The van der Waals surface area contributed by atoms with Gasteiger partial charge in [0.2, 0.25) is 0 Å². The van der Waals surface area contributed by atoms with Gasteiger partial charge < -0.3 is 0 Å². The molecule has 1 saturated carbocycles. The number of hydrogen-bond donors (Lipinski definition) is 0.